The molecule has 0 bridgehead atoms. The van der Waals surface area contributed by atoms with Crippen molar-refractivity contribution in [2.45, 2.75) is 18.7 Å². The van der Waals surface area contributed by atoms with Gasteiger partial charge >= 0.3 is 0 Å². The number of aromatic nitrogens is 2. The van der Waals surface area contributed by atoms with E-state index >= 15 is 0 Å². The molecule has 0 aliphatic carbocycles. The summed E-state index contributed by atoms with van der Waals surface area (Å²) in [5.41, 5.74) is 2.45. The van der Waals surface area contributed by atoms with E-state index in [0.717, 1.165) is 5.69 Å². The van der Waals surface area contributed by atoms with E-state index in [1.807, 2.05) is 0 Å². The van der Waals surface area contributed by atoms with Crippen LogP contribution in [0.15, 0.2) is 29.2 Å². The first-order valence-electron chi connectivity index (χ1n) is 6.21. The summed E-state index contributed by atoms with van der Waals surface area (Å²) in [5.74, 6) is -0.323. The maximum Gasteiger partial charge on any atom is 0.255 e. The molecule has 21 heavy (non-hydrogen) atoms. The van der Waals surface area contributed by atoms with Gasteiger partial charge in [0.2, 0.25) is 10.0 Å². The first-order valence-corrected chi connectivity index (χ1v) is 7.70. The number of amides is 1. The van der Waals surface area contributed by atoms with Crippen LogP contribution in [0.2, 0.25) is 0 Å². The normalized spacial score (nSPS) is 11.4. The number of hydrogen-bond donors (Lipinski definition) is 3. The molecule has 2 rings (SSSR count). The van der Waals surface area contributed by atoms with E-state index in [4.69, 9.17) is 0 Å². The van der Waals surface area contributed by atoms with Crippen LogP contribution in [0.5, 0.6) is 0 Å². The van der Waals surface area contributed by atoms with Gasteiger partial charge in [-0.25, -0.2) is 13.1 Å². The second-order valence-electron chi connectivity index (χ2n) is 4.50. The van der Waals surface area contributed by atoms with Gasteiger partial charge in [-0.05, 0) is 45.2 Å². The molecule has 0 saturated heterocycles. The van der Waals surface area contributed by atoms with Crippen molar-refractivity contribution in [2.24, 2.45) is 0 Å². The average molecular weight is 308 g/mol. The van der Waals surface area contributed by atoms with E-state index < -0.39 is 10.0 Å². The Kier molecular flexibility index (Phi) is 4.10. The molecule has 2 aromatic rings. The highest BCUT2D eigenvalue weighted by atomic mass is 32.2. The number of nitrogens with one attached hydrogen (secondary N) is 3. The Bertz CT molecular complexity index is 744. The highest BCUT2D eigenvalue weighted by molar-refractivity contribution is 7.89. The minimum atomic E-state index is -3.50. The number of H-pyrrole nitrogens is 1. The Morgan fingerprint density at radius 3 is 2.29 bits per heavy atom. The maximum atomic E-state index is 12.1. The third-order valence-corrected chi connectivity index (χ3v) is 4.49. The van der Waals surface area contributed by atoms with Crippen molar-refractivity contribution < 1.29 is 13.2 Å². The maximum absolute atomic E-state index is 12.1. The number of carbonyl (C=O) groups is 1. The number of carbonyl (C=O) groups excluding carboxylic acids is 1. The van der Waals surface area contributed by atoms with Gasteiger partial charge in [0.25, 0.3) is 5.91 Å². The monoisotopic (exact) mass is 308 g/mol. The molecule has 1 amide bonds. The first-order chi connectivity index (χ1) is 9.85. The summed E-state index contributed by atoms with van der Waals surface area (Å²) >= 11 is 0. The Morgan fingerprint density at radius 1 is 1.19 bits per heavy atom. The molecule has 0 fully saturated rings. The van der Waals surface area contributed by atoms with Gasteiger partial charge in [0.1, 0.15) is 0 Å². The number of hydrogen-bond acceptors (Lipinski definition) is 4. The van der Waals surface area contributed by atoms with Crippen LogP contribution in [0.25, 0.3) is 0 Å². The van der Waals surface area contributed by atoms with Gasteiger partial charge in [-0.3, -0.25) is 9.89 Å². The highest BCUT2D eigenvalue weighted by Gasteiger charge is 2.14. The van der Waals surface area contributed by atoms with Crippen molar-refractivity contribution in [3.63, 3.8) is 0 Å². The smallest absolute Gasteiger partial charge is 0.255 e. The lowest BCUT2D eigenvalue weighted by molar-refractivity contribution is 0.102. The number of aryl methyl sites for hydroxylation is 2. The number of rotatable bonds is 4. The number of sulfonamides is 1. The molecule has 0 aliphatic rings. The zero-order valence-electron chi connectivity index (χ0n) is 11.9. The van der Waals surface area contributed by atoms with Crippen LogP contribution in [0.3, 0.4) is 0 Å². The fraction of sp³-hybridized carbons (Fsp3) is 0.231. The van der Waals surface area contributed by atoms with E-state index in [9.17, 15) is 13.2 Å². The van der Waals surface area contributed by atoms with Crippen molar-refractivity contribution in [3.8, 4) is 0 Å². The van der Waals surface area contributed by atoms with E-state index in [1.165, 1.54) is 31.3 Å². The topological polar surface area (TPSA) is 104 Å². The van der Waals surface area contributed by atoms with Crippen molar-refractivity contribution in [1.82, 2.24) is 14.9 Å². The summed E-state index contributed by atoms with van der Waals surface area (Å²) in [6.07, 6.45) is 0. The third kappa shape index (κ3) is 3.11. The Labute approximate surface area is 122 Å². The van der Waals surface area contributed by atoms with E-state index in [2.05, 4.69) is 20.2 Å². The van der Waals surface area contributed by atoms with E-state index in [-0.39, 0.29) is 10.8 Å². The van der Waals surface area contributed by atoms with Crippen LogP contribution in [0, 0.1) is 13.8 Å². The molecule has 1 heterocycles. The SMILES string of the molecule is CNS(=O)(=O)c1ccc(C(=O)Nc2c(C)n[nH]c2C)cc1. The number of nitrogens with zero attached hydrogens (tertiary/aromatic N) is 1. The number of anilines is 1. The van der Waals surface area contributed by atoms with Crippen molar-refractivity contribution in [3.05, 3.63) is 41.2 Å². The Hall–Kier alpha value is -2.19. The predicted molar refractivity (Wildman–Crippen MR) is 78.7 cm³/mol. The third-order valence-electron chi connectivity index (χ3n) is 3.06. The minimum absolute atomic E-state index is 0.109. The Balaban J connectivity index is 2.22. The summed E-state index contributed by atoms with van der Waals surface area (Å²) in [5, 5.41) is 9.52. The fourth-order valence-corrected chi connectivity index (χ4v) is 2.55. The van der Waals surface area contributed by atoms with Crippen LogP contribution in [-0.4, -0.2) is 31.6 Å². The molecule has 1 aromatic carbocycles. The van der Waals surface area contributed by atoms with Crippen LogP contribution in [-0.2, 0) is 10.0 Å². The number of aromatic amines is 1. The zero-order chi connectivity index (χ0) is 15.6. The molecule has 0 aliphatic heterocycles. The van der Waals surface area contributed by atoms with Gasteiger partial charge in [0.05, 0.1) is 22.0 Å². The van der Waals surface area contributed by atoms with Crippen molar-refractivity contribution in [2.75, 3.05) is 12.4 Å². The summed E-state index contributed by atoms with van der Waals surface area (Å²) in [6, 6.07) is 5.69. The van der Waals surface area contributed by atoms with Crippen LogP contribution in [0.1, 0.15) is 21.7 Å². The van der Waals surface area contributed by atoms with E-state index in [0.29, 0.717) is 16.9 Å². The van der Waals surface area contributed by atoms with Gasteiger partial charge in [-0.2, -0.15) is 5.10 Å². The second-order valence-corrected chi connectivity index (χ2v) is 6.38. The molecular formula is C13H16N4O3S. The lowest BCUT2D eigenvalue weighted by Gasteiger charge is -2.06. The predicted octanol–water partition coefficient (Wildman–Crippen LogP) is 1.19. The minimum Gasteiger partial charge on any atom is -0.319 e. The van der Waals surface area contributed by atoms with Crippen LogP contribution >= 0.6 is 0 Å². The highest BCUT2D eigenvalue weighted by Crippen LogP contribution is 2.18. The molecule has 8 heteroatoms. The first kappa shape index (κ1) is 15.2. The van der Waals surface area contributed by atoms with Gasteiger partial charge < -0.3 is 5.32 Å². The molecular weight excluding hydrogens is 292 g/mol. The van der Waals surface area contributed by atoms with Crippen LogP contribution in [0.4, 0.5) is 5.69 Å². The summed E-state index contributed by atoms with van der Waals surface area (Å²) < 4.78 is 25.4. The Morgan fingerprint density at radius 2 is 1.81 bits per heavy atom. The molecule has 0 saturated carbocycles. The molecule has 0 spiro atoms. The molecule has 1 aromatic heterocycles. The molecule has 112 valence electrons. The van der Waals surface area contributed by atoms with Gasteiger partial charge in [0.15, 0.2) is 0 Å². The summed E-state index contributed by atoms with van der Waals surface area (Å²) in [4.78, 5) is 12.2. The molecule has 0 radical (unpaired) electrons. The van der Waals surface area contributed by atoms with Gasteiger partial charge in [-0.15, -0.1) is 0 Å². The van der Waals surface area contributed by atoms with Gasteiger partial charge in [0, 0.05) is 5.56 Å². The van der Waals surface area contributed by atoms with Crippen molar-refractivity contribution in [1.29, 1.82) is 0 Å². The lowest BCUT2D eigenvalue weighted by atomic mass is 10.2. The quantitative estimate of drug-likeness (QED) is 0.789. The molecule has 0 unspecified atom stereocenters. The largest absolute Gasteiger partial charge is 0.319 e. The standard InChI is InChI=1S/C13H16N4O3S/c1-8-12(9(2)17-16-8)15-13(18)10-4-6-11(7-5-10)21(19,20)14-3/h4-7,14H,1-3H3,(H,15,18)(H,16,17). The van der Waals surface area contributed by atoms with Crippen LogP contribution < -0.4 is 10.0 Å². The lowest BCUT2D eigenvalue weighted by Crippen LogP contribution is -2.19. The zero-order valence-corrected chi connectivity index (χ0v) is 12.7. The summed E-state index contributed by atoms with van der Waals surface area (Å²) in [7, 11) is -2.17. The molecule has 0 atom stereocenters. The summed E-state index contributed by atoms with van der Waals surface area (Å²) in [6.45, 7) is 3.58. The molecule has 7 nitrogen and oxygen atoms in total. The molecule has 3 N–H and O–H groups in total. The van der Waals surface area contributed by atoms with Crippen molar-refractivity contribution >= 4 is 21.6 Å². The van der Waals surface area contributed by atoms with E-state index in [1.54, 1.807) is 13.8 Å². The van der Waals surface area contributed by atoms with Gasteiger partial charge in [-0.1, -0.05) is 0 Å². The fourth-order valence-electron chi connectivity index (χ4n) is 1.82. The average Bonchev–Trinajstić information content (AvgIpc) is 2.79. The number of benzene rings is 1. The second kappa shape index (κ2) is 5.66.